The molecular formula is C14H19NO3S. The third-order valence-electron chi connectivity index (χ3n) is 2.85. The Kier molecular flexibility index (Phi) is 4.89. The van der Waals surface area contributed by atoms with Gasteiger partial charge >= 0.3 is 5.97 Å². The van der Waals surface area contributed by atoms with Crippen LogP contribution in [-0.4, -0.2) is 23.8 Å². The lowest BCUT2D eigenvalue weighted by molar-refractivity contribution is 0.0591. The fraction of sp³-hybridized carbons (Fsp3) is 0.429. The number of Topliss-reactive ketones (excluding diaryl/α,β-unsaturated/α-hetero) is 1. The maximum atomic E-state index is 11.7. The van der Waals surface area contributed by atoms with Crippen molar-refractivity contribution in [3.05, 3.63) is 21.7 Å². The number of hydrogen-bond donors (Lipinski definition) is 1. The van der Waals surface area contributed by atoms with Gasteiger partial charge in [0.25, 0.3) is 0 Å². The molecule has 0 radical (unpaired) electrons. The van der Waals surface area contributed by atoms with E-state index in [1.165, 1.54) is 25.4 Å². The van der Waals surface area contributed by atoms with E-state index in [1.807, 2.05) is 27.7 Å². The van der Waals surface area contributed by atoms with Gasteiger partial charge in [0.15, 0.2) is 5.78 Å². The lowest BCUT2D eigenvalue weighted by Crippen LogP contribution is -2.07. The Balaban J connectivity index is 0.000000861. The largest absolute Gasteiger partial charge is 0.464 e. The molecule has 0 amide bonds. The van der Waals surface area contributed by atoms with Crippen LogP contribution in [0, 0.1) is 13.8 Å². The van der Waals surface area contributed by atoms with E-state index in [0.717, 1.165) is 20.7 Å². The smallest absolute Gasteiger partial charge is 0.355 e. The summed E-state index contributed by atoms with van der Waals surface area (Å²) < 4.78 is 5.52. The number of H-pyrrole nitrogens is 1. The van der Waals surface area contributed by atoms with E-state index in [1.54, 1.807) is 0 Å². The van der Waals surface area contributed by atoms with Crippen LogP contribution in [0.3, 0.4) is 0 Å². The number of carbonyl (C=O) groups excluding carboxylic acids is 2. The molecule has 2 aromatic rings. The van der Waals surface area contributed by atoms with Crippen molar-refractivity contribution in [3.8, 4) is 0 Å². The summed E-state index contributed by atoms with van der Waals surface area (Å²) in [6, 6.07) is 0. The number of hydrogen-bond acceptors (Lipinski definition) is 4. The minimum absolute atomic E-state index is 0.127. The van der Waals surface area contributed by atoms with Gasteiger partial charge in [0.1, 0.15) is 5.69 Å². The fourth-order valence-electron chi connectivity index (χ4n) is 1.85. The first-order valence-corrected chi connectivity index (χ1v) is 7.00. The van der Waals surface area contributed by atoms with Crippen LogP contribution in [0.4, 0.5) is 0 Å². The van der Waals surface area contributed by atoms with Crippen molar-refractivity contribution in [2.24, 2.45) is 0 Å². The number of methoxy groups -OCH3 is 1. The summed E-state index contributed by atoms with van der Waals surface area (Å²) in [5.74, 6) is -0.631. The number of nitrogens with one attached hydrogen (secondary N) is 1. The molecule has 19 heavy (non-hydrogen) atoms. The molecule has 0 aromatic carbocycles. The van der Waals surface area contributed by atoms with E-state index < -0.39 is 5.97 Å². The van der Waals surface area contributed by atoms with Crippen LogP contribution in [0.5, 0.6) is 0 Å². The Labute approximate surface area is 116 Å². The molecule has 0 aliphatic heterocycles. The average Bonchev–Trinajstić information content (AvgIpc) is 2.89. The zero-order valence-electron chi connectivity index (χ0n) is 12.1. The first-order chi connectivity index (χ1) is 8.97. The van der Waals surface area contributed by atoms with Gasteiger partial charge in [0.2, 0.25) is 0 Å². The molecule has 0 bridgehead atoms. The van der Waals surface area contributed by atoms with Gasteiger partial charge in [-0.15, -0.1) is 11.3 Å². The second-order valence-corrected chi connectivity index (χ2v) is 5.13. The number of aryl methyl sites for hydroxylation is 2. The quantitative estimate of drug-likeness (QED) is 0.671. The SMILES string of the molecule is CC.COC(=O)c1[nH]c2c(C)c(C)sc2c1C(C)=O. The highest BCUT2D eigenvalue weighted by Crippen LogP contribution is 2.34. The summed E-state index contributed by atoms with van der Waals surface area (Å²) in [7, 11) is 1.30. The number of carbonyl (C=O) groups is 2. The number of esters is 1. The van der Waals surface area contributed by atoms with Crippen LogP contribution in [0.1, 0.15) is 52.1 Å². The maximum absolute atomic E-state index is 11.7. The molecule has 0 spiro atoms. The number of fused-ring (bicyclic) bond motifs is 1. The van der Waals surface area contributed by atoms with Crippen LogP contribution >= 0.6 is 11.3 Å². The van der Waals surface area contributed by atoms with E-state index >= 15 is 0 Å². The molecule has 2 heterocycles. The Hall–Kier alpha value is -1.62. The van der Waals surface area contributed by atoms with Crippen molar-refractivity contribution in [2.75, 3.05) is 7.11 Å². The number of aromatic amines is 1. The minimum atomic E-state index is -0.504. The molecule has 104 valence electrons. The molecule has 0 aliphatic carbocycles. The summed E-state index contributed by atoms with van der Waals surface area (Å²) in [5, 5.41) is 0. The minimum Gasteiger partial charge on any atom is -0.464 e. The molecule has 0 saturated heterocycles. The predicted molar refractivity (Wildman–Crippen MR) is 78.3 cm³/mol. The monoisotopic (exact) mass is 281 g/mol. The van der Waals surface area contributed by atoms with Crippen LogP contribution in [-0.2, 0) is 4.74 Å². The molecule has 0 fully saturated rings. The van der Waals surface area contributed by atoms with E-state index in [2.05, 4.69) is 9.72 Å². The maximum Gasteiger partial charge on any atom is 0.355 e. The summed E-state index contributed by atoms with van der Waals surface area (Å²) in [4.78, 5) is 27.4. The second kappa shape index (κ2) is 6.02. The number of ether oxygens (including phenoxy) is 1. The third-order valence-corrected chi connectivity index (χ3v) is 4.08. The number of rotatable bonds is 2. The molecule has 4 nitrogen and oxygen atoms in total. The first kappa shape index (κ1) is 15.4. The molecule has 1 N–H and O–H groups in total. The molecule has 2 aromatic heterocycles. The number of ketones is 1. The van der Waals surface area contributed by atoms with Crippen molar-refractivity contribution >= 4 is 33.3 Å². The van der Waals surface area contributed by atoms with Crippen LogP contribution in [0.2, 0.25) is 0 Å². The van der Waals surface area contributed by atoms with Crippen LogP contribution in [0.15, 0.2) is 0 Å². The average molecular weight is 281 g/mol. The second-order valence-electron chi connectivity index (χ2n) is 3.91. The van der Waals surface area contributed by atoms with Gasteiger partial charge in [-0.3, -0.25) is 4.79 Å². The summed E-state index contributed by atoms with van der Waals surface area (Å²) >= 11 is 1.52. The van der Waals surface area contributed by atoms with Gasteiger partial charge in [0.05, 0.1) is 22.9 Å². The molecule has 2 rings (SSSR count). The van der Waals surface area contributed by atoms with Gasteiger partial charge in [-0.25, -0.2) is 4.79 Å². The number of thiophene rings is 1. The molecule has 0 aliphatic rings. The van der Waals surface area contributed by atoms with Crippen molar-refractivity contribution in [2.45, 2.75) is 34.6 Å². The van der Waals surface area contributed by atoms with Crippen LogP contribution in [0.25, 0.3) is 10.2 Å². The highest BCUT2D eigenvalue weighted by molar-refractivity contribution is 7.19. The predicted octanol–water partition coefficient (Wildman–Crippen LogP) is 3.86. The molecule has 0 unspecified atom stereocenters. The van der Waals surface area contributed by atoms with Crippen LogP contribution < -0.4 is 0 Å². The van der Waals surface area contributed by atoms with E-state index in [0.29, 0.717) is 5.56 Å². The summed E-state index contributed by atoms with van der Waals surface area (Å²) in [6.07, 6.45) is 0. The highest BCUT2D eigenvalue weighted by atomic mass is 32.1. The van der Waals surface area contributed by atoms with Crippen molar-refractivity contribution < 1.29 is 14.3 Å². The van der Waals surface area contributed by atoms with E-state index in [4.69, 9.17) is 0 Å². The Morgan fingerprint density at radius 1 is 1.21 bits per heavy atom. The fourth-order valence-corrected chi connectivity index (χ4v) is 3.06. The Morgan fingerprint density at radius 3 is 2.26 bits per heavy atom. The summed E-state index contributed by atoms with van der Waals surface area (Å²) in [5.41, 5.74) is 2.62. The topological polar surface area (TPSA) is 59.2 Å². The lowest BCUT2D eigenvalue weighted by atomic mass is 10.1. The van der Waals surface area contributed by atoms with Crippen molar-refractivity contribution in [1.82, 2.24) is 4.98 Å². The zero-order chi connectivity index (χ0) is 14.7. The third kappa shape index (κ3) is 2.56. The Morgan fingerprint density at radius 2 is 1.79 bits per heavy atom. The van der Waals surface area contributed by atoms with Crippen molar-refractivity contribution in [3.63, 3.8) is 0 Å². The van der Waals surface area contributed by atoms with E-state index in [9.17, 15) is 9.59 Å². The van der Waals surface area contributed by atoms with Gasteiger partial charge in [-0.2, -0.15) is 0 Å². The van der Waals surface area contributed by atoms with Gasteiger partial charge in [0, 0.05) is 4.88 Å². The van der Waals surface area contributed by atoms with Crippen molar-refractivity contribution in [1.29, 1.82) is 0 Å². The first-order valence-electron chi connectivity index (χ1n) is 6.18. The Bertz CT molecular complexity index is 622. The van der Waals surface area contributed by atoms with Gasteiger partial charge < -0.3 is 9.72 Å². The molecule has 0 atom stereocenters. The normalized spacial score (nSPS) is 10.0. The van der Waals surface area contributed by atoms with E-state index in [-0.39, 0.29) is 11.5 Å². The molecule has 5 heteroatoms. The van der Waals surface area contributed by atoms with Gasteiger partial charge in [-0.05, 0) is 26.3 Å². The molecule has 0 saturated carbocycles. The standard InChI is InChI=1S/C12H13NO3S.C2H6/c1-5-7(3)17-11-8(6(2)14)10(12(15)16-4)13-9(5)11;1-2/h13H,1-4H3;1-2H3. The van der Waals surface area contributed by atoms with Gasteiger partial charge in [-0.1, -0.05) is 13.8 Å². The zero-order valence-corrected chi connectivity index (χ0v) is 12.9. The highest BCUT2D eigenvalue weighted by Gasteiger charge is 2.24. The number of aromatic nitrogens is 1. The lowest BCUT2D eigenvalue weighted by Gasteiger charge is -1.98. The summed E-state index contributed by atoms with van der Waals surface area (Å²) in [6.45, 7) is 9.42. The molecular weight excluding hydrogens is 262 g/mol.